The molecular weight excluding hydrogens is 524 g/mol. The summed E-state index contributed by atoms with van der Waals surface area (Å²) in [5, 5.41) is 23.8. The molecule has 2 aromatic carbocycles. The monoisotopic (exact) mass is 554 g/mol. The summed E-state index contributed by atoms with van der Waals surface area (Å²) in [6.07, 6.45) is 1.58. The summed E-state index contributed by atoms with van der Waals surface area (Å²) in [7, 11) is 0. The van der Waals surface area contributed by atoms with Gasteiger partial charge in [0.05, 0.1) is 17.0 Å². The van der Waals surface area contributed by atoms with Gasteiger partial charge in [-0.05, 0) is 53.5 Å². The van der Waals surface area contributed by atoms with Gasteiger partial charge in [-0.2, -0.15) is 0 Å². The number of nitrogens with two attached hydrogens (primary N) is 1. The van der Waals surface area contributed by atoms with Gasteiger partial charge in [-0.3, -0.25) is 29.0 Å². The first-order valence-corrected chi connectivity index (χ1v) is 13.7. The zero-order valence-corrected chi connectivity index (χ0v) is 22.9. The summed E-state index contributed by atoms with van der Waals surface area (Å²) in [6, 6.07) is 11.4. The molecule has 3 aromatic rings. The number of ketones is 4. The van der Waals surface area contributed by atoms with Gasteiger partial charge in [-0.25, -0.2) is 0 Å². The Morgan fingerprint density at radius 1 is 1.05 bits per heavy atom. The summed E-state index contributed by atoms with van der Waals surface area (Å²) in [4.78, 5) is 70.4. The van der Waals surface area contributed by atoms with Crippen molar-refractivity contribution in [3.8, 4) is 16.9 Å². The van der Waals surface area contributed by atoms with Gasteiger partial charge in [0.15, 0.2) is 34.7 Å². The van der Waals surface area contributed by atoms with E-state index in [1.807, 2.05) is 57.2 Å². The highest BCUT2D eigenvalue weighted by molar-refractivity contribution is 6.31. The fourth-order valence-electron chi connectivity index (χ4n) is 7.08. The number of hydrogen-bond donors (Lipinski definition) is 3. The Morgan fingerprint density at radius 2 is 1.76 bits per heavy atom. The molecule has 9 nitrogen and oxygen atoms in total. The number of pyridine rings is 1. The van der Waals surface area contributed by atoms with Crippen molar-refractivity contribution in [2.45, 2.75) is 51.0 Å². The third-order valence-corrected chi connectivity index (χ3v) is 9.11. The molecule has 6 rings (SSSR count). The van der Waals surface area contributed by atoms with E-state index in [2.05, 4.69) is 4.98 Å². The molecule has 0 saturated heterocycles. The van der Waals surface area contributed by atoms with Crippen LogP contribution in [0.3, 0.4) is 0 Å². The average Bonchev–Trinajstić information content (AvgIpc) is 2.89. The van der Waals surface area contributed by atoms with Crippen LogP contribution in [-0.2, 0) is 31.0 Å². The molecule has 5 atom stereocenters. The molecule has 1 amide bonds. The lowest BCUT2D eigenvalue weighted by atomic mass is 9.53. The number of aromatic nitrogens is 1. The van der Waals surface area contributed by atoms with Crippen molar-refractivity contribution in [2.24, 2.45) is 29.4 Å². The Bertz CT molecular complexity index is 1720. The third-order valence-electron chi connectivity index (χ3n) is 9.11. The summed E-state index contributed by atoms with van der Waals surface area (Å²) in [5.41, 5.74) is 5.30. The van der Waals surface area contributed by atoms with Gasteiger partial charge < -0.3 is 15.9 Å². The van der Waals surface area contributed by atoms with Crippen LogP contribution in [0.25, 0.3) is 22.0 Å². The second kappa shape index (κ2) is 8.88. The van der Waals surface area contributed by atoms with E-state index in [1.54, 1.807) is 6.20 Å². The number of amides is 1. The van der Waals surface area contributed by atoms with E-state index in [-0.39, 0.29) is 30.6 Å². The predicted molar refractivity (Wildman–Crippen MR) is 148 cm³/mol. The number of rotatable bonds is 2. The van der Waals surface area contributed by atoms with Crippen LogP contribution >= 0.6 is 0 Å². The lowest BCUT2D eigenvalue weighted by Gasteiger charge is -2.48. The number of carbonyl (C=O) groups excluding carboxylic acids is 5. The first-order valence-electron chi connectivity index (χ1n) is 13.7. The molecule has 0 spiro atoms. The summed E-state index contributed by atoms with van der Waals surface area (Å²) in [5.74, 6) is -10.2. The standard InChI is InChI=1S/C32H30N2O7/c1-31(2,3)20-12-18(16-8-14-6-4-5-7-21(14)34-13-16)19-10-15-9-17-11-22(35)25(30(33)40)29(39)32(17,41)28(38)23(15)27(37)24(19)26(20)36/h4-8,12-13,15,17,23,25,36,41H,9-11H2,1-3H3,(H2,33,40)/t15-,17+,23?,25?,32+/m1/s1. The number of primary amides is 1. The number of nitrogens with zero attached hydrogens (tertiary/aromatic N) is 1. The normalized spacial score (nSPS) is 27.8. The number of benzene rings is 2. The van der Waals surface area contributed by atoms with Crippen molar-refractivity contribution in [3.05, 3.63) is 59.3 Å². The van der Waals surface area contributed by atoms with Gasteiger partial charge in [-0.15, -0.1) is 0 Å². The van der Waals surface area contributed by atoms with Crippen LogP contribution in [0.1, 0.15) is 55.1 Å². The number of aromatic hydroxyl groups is 1. The molecule has 0 radical (unpaired) electrons. The molecule has 2 unspecified atom stereocenters. The Balaban J connectivity index is 1.54. The number of carbonyl (C=O) groups is 5. The summed E-state index contributed by atoms with van der Waals surface area (Å²) >= 11 is 0. The first kappa shape index (κ1) is 27.0. The lowest BCUT2D eigenvalue weighted by molar-refractivity contribution is -0.175. The number of fused-ring (bicyclic) bond motifs is 4. The van der Waals surface area contributed by atoms with Crippen LogP contribution in [0.15, 0.2) is 42.6 Å². The highest BCUT2D eigenvalue weighted by atomic mass is 16.3. The minimum absolute atomic E-state index is 0.0111. The van der Waals surface area contributed by atoms with E-state index < -0.39 is 63.7 Å². The fraction of sp³-hybridized carbons (Fsp3) is 0.375. The smallest absolute Gasteiger partial charge is 0.235 e. The molecule has 210 valence electrons. The van der Waals surface area contributed by atoms with Crippen LogP contribution < -0.4 is 5.73 Å². The Kier molecular flexibility index (Phi) is 5.84. The molecule has 1 aromatic heterocycles. The highest BCUT2D eigenvalue weighted by Gasteiger charge is 2.66. The van der Waals surface area contributed by atoms with Crippen molar-refractivity contribution >= 4 is 39.9 Å². The summed E-state index contributed by atoms with van der Waals surface area (Å²) in [6.45, 7) is 5.69. The minimum atomic E-state index is -2.68. The first-order chi connectivity index (χ1) is 19.2. The predicted octanol–water partition coefficient (Wildman–Crippen LogP) is 2.84. The number of hydrogen-bond acceptors (Lipinski definition) is 8. The van der Waals surface area contributed by atoms with Crippen LogP contribution in [0.2, 0.25) is 0 Å². The summed E-state index contributed by atoms with van der Waals surface area (Å²) < 4.78 is 0. The molecule has 2 saturated carbocycles. The topological polar surface area (TPSA) is 165 Å². The molecular formula is C32H30N2O7. The maximum absolute atomic E-state index is 14.2. The SMILES string of the molecule is CC(C)(C)c1cc(-c2cnc3ccccc3c2)c2c(c1O)C(=O)C1C(=O)[C@]3(O)C(=O)C(C(N)=O)C(=O)C[C@@H]3C[C@@H]1C2. The van der Waals surface area contributed by atoms with Gasteiger partial charge in [0.25, 0.3) is 0 Å². The number of Topliss-reactive ketones (excluding diaryl/α,β-unsaturated/α-hetero) is 4. The third kappa shape index (κ3) is 3.79. The Morgan fingerprint density at radius 3 is 2.44 bits per heavy atom. The second-order valence-electron chi connectivity index (χ2n) is 12.6. The van der Waals surface area contributed by atoms with E-state index in [0.29, 0.717) is 16.7 Å². The van der Waals surface area contributed by atoms with Gasteiger partial charge >= 0.3 is 0 Å². The average molecular weight is 555 g/mol. The molecule has 4 N–H and O–H groups in total. The zero-order chi connectivity index (χ0) is 29.6. The Labute approximate surface area is 235 Å². The highest BCUT2D eigenvalue weighted by Crippen LogP contribution is 2.52. The van der Waals surface area contributed by atoms with Crippen molar-refractivity contribution in [1.82, 2.24) is 4.98 Å². The van der Waals surface area contributed by atoms with Gasteiger partial charge in [0, 0.05) is 35.0 Å². The van der Waals surface area contributed by atoms with Crippen LogP contribution in [0.4, 0.5) is 0 Å². The van der Waals surface area contributed by atoms with Crippen molar-refractivity contribution in [2.75, 3.05) is 0 Å². The molecule has 9 heteroatoms. The number of phenols is 1. The molecule has 0 aliphatic heterocycles. The largest absolute Gasteiger partial charge is 0.507 e. The van der Waals surface area contributed by atoms with Gasteiger partial charge in [-0.1, -0.05) is 39.0 Å². The van der Waals surface area contributed by atoms with Crippen molar-refractivity contribution in [1.29, 1.82) is 0 Å². The van der Waals surface area contributed by atoms with E-state index >= 15 is 0 Å². The molecule has 3 aliphatic rings. The lowest BCUT2D eigenvalue weighted by Crippen LogP contribution is -2.68. The zero-order valence-electron chi connectivity index (χ0n) is 22.9. The molecule has 41 heavy (non-hydrogen) atoms. The quantitative estimate of drug-likeness (QED) is 0.407. The van der Waals surface area contributed by atoms with E-state index in [1.165, 1.54) is 0 Å². The van der Waals surface area contributed by atoms with Crippen LogP contribution in [0.5, 0.6) is 5.75 Å². The molecule has 0 bridgehead atoms. The van der Waals surface area contributed by atoms with E-state index in [4.69, 9.17) is 5.73 Å². The fourth-order valence-corrected chi connectivity index (χ4v) is 7.08. The van der Waals surface area contributed by atoms with E-state index in [0.717, 1.165) is 16.5 Å². The maximum atomic E-state index is 14.2. The van der Waals surface area contributed by atoms with Crippen LogP contribution in [0, 0.1) is 23.7 Å². The Hall–Kier alpha value is -4.24. The van der Waals surface area contributed by atoms with Gasteiger partial charge in [0.1, 0.15) is 5.75 Å². The number of aliphatic hydroxyl groups is 1. The van der Waals surface area contributed by atoms with Crippen LogP contribution in [-0.4, -0.2) is 49.8 Å². The molecule has 3 aliphatic carbocycles. The maximum Gasteiger partial charge on any atom is 0.235 e. The number of phenolic OH excluding ortho intramolecular Hbond substituents is 1. The van der Waals surface area contributed by atoms with E-state index in [9.17, 15) is 34.2 Å². The second-order valence-corrected chi connectivity index (χ2v) is 12.6. The minimum Gasteiger partial charge on any atom is -0.507 e. The van der Waals surface area contributed by atoms with Crippen molar-refractivity contribution < 1.29 is 34.2 Å². The molecule has 2 fully saturated rings. The van der Waals surface area contributed by atoms with Crippen molar-refractivity contribution in [3.63, 3.8) is 0 Å². The number of para-hydroxylation sites is 1. The van der Waals surface area contributed by atoms with Gasteiger partial charge in [0.2, 0.25) is 5.91 Å². The molecule has 1 heterocycles.